The number of aliphatic carboxylic acids is 1. The van der Waals surface area contributed by atoms with Crippen LogP contribution in [0.4, 0.5) is 0 Å². The molecule has 0 radical (unpaired) electrons. The van der Waals surface area contributed by atoms with Crippen LogP contribution in [0.15, 0.2) is 34.1 Å². The molecule has 6 rings (SSSR count). The number of benzene rings is 1. The molecule has 178 valence electrons. The number of H-pyrrole nitrogens is 1. The van der Waals surface area contributed by atoms with E-state index >= 15 is 0 Å². The van der Waals surface area contributed by atoms with Crippen LogP contribution < -0.4 is 4.87 Å². The van der Waals surface area contributed by atoms with Crippen molar-refractivity contribution in [2.75, 3.05) is 0 Å². The van der Waals surface area contributed by atoms with Gasteiger partial charge in [0.2, 0.25) is 11.8 Å². The summed E-state index contributed by atoms with van der Waals surface area (Å²) in [5, 5.41) is 20.5. The molecule has 10 heteroatoms. The number of hydrogen-bond acceptors (Lipinski definition) is 7. The van der Waals surface area contributed by atoms with Crippen LogP contribution in [-0.4, -0.2) is 49.2 Å². The van der Waals surface area contributed by atoms with Crippen molar-refractivity contribution >= 4 is 40.9 Å². The molecule has 3 N–H and O–H groups in total. The highest BCUT2D eigenvalue weighted by molar-refractivity contribution is 8.00. The van der Waals surface area contributed by atoms with E-state index in [-0.39, 0.29) is 57.3 Å². The van der Waals surface area contributed by atoms with Crippen LogP contribution in [0, 0.1) is 35.5 Å². The van der Waals surface area contributed by atoms with Crippen molar-refractivity contribution in [3.05, 3.63) is 44.4 Å². The number of carboxylic acids is 1. The largest absolute Gasteiger partial charge is 0.508 e. The fraction of sp³-hybridized carbons (Fsp3) is 0.500. The number of aromatic nitrogens is 1. The van der Waals surface area contributed by atoms with Crippen molar-refractivity contribution in [3.8, 4) is 5.75 Å². The summed E-state index contributed by atoms with van der Waals surface area (Å²) in [4.78, 5) is 56.1. The maximum atomic E-state index is 13.6. The number of aromatic amines is 1. The Kier molecular flexibility index (Phi) is 4.80. The zero-order valence-electron chi connectivity index (χ0n) is 18.5. The standard InChI is InChI=1S/C24H24N2O6S2/c1-8(2)17(23(30)31)26-21(28)15-11-7-12(16(15)22(26)29)18-14(11)13(9-3-5-10(27)6-4-9)19-20(33-18)25-24(32)34-19/h3-6,8,11-18,27H,7H2,1-2H3,(H,25,32)(H,30,31)/t11?,12?,13-,14?,15?,16?,17?,18?/m1/s1. The monoisotopic (exact) mass is 500 g/mol. The first-order valence-corrected chi connectivity index (χ1v) is 13.2. The van der Waals surface area contributed by atoms with E-state index in [0.29, 0.717) is 0 Å². The number of hydrogen-bond donors (Lipinski definition) is 3. The number of likely N-dealkylation sites (tertiary alicyclic amines) is 1. The number of carboxylic acid groups (broad SMARTS) is 1. The maximum absolute atomic E-state index is 13.6. The number of nitrogens with zero attached hydrogens (tertiary/aromatic N) is 1. The summed E-state index contributed by atoms with van der Waals surface area (Å²) in [6.07, 6.45) is 0.746. The van der Waals surface area contributed by atoms with Crippen molar-refractivity contribution in [1.29, 1.82) is 0 Å². The fourth-order valence-electron chi connectivity index (χ4n) is 7.06. The van der Waals surface area contributed by atoms with E-state index in [1.54, 1.807) is 37.7 Å². The molecule has 2 saturated carbocycles. The molecule has 2 bridgehead atoms. The van der Waals surface area contributed by atoms with Crippen LogP contribution in [0.2, 0.25) is 0 Å². The van der Waals surface area contributed by atoms with Crippen molar-refractivity contribution in [3.63, 3.8) is 0 Å². The van der Waals surface area contributed by atoms with Crippen LogP contribution in [0.25, 0.3) is 0 Å². The normalized spacial score (nSPS) is 34.3. The first-order valence-electron chi connectivity index (χ1n) is 11.5. The van der Waals surface area contributed by atoms with Crippen molar-refractivity contribution < 1.29 is 24.6 Å². The second kappa shape index (κ2) is 7.45. The number of rotatable bonds is 4. The average Bonchev–Trinajstić information content (AvgIpc) is 3.49. The number of fused-ring (bicyclic) bond motifs is 9. The predicted molar refractivity (Wildman–Crippen MR) is 125 cm³/mol. The lowest BCUT2D eigenvalue weighted by atomic mass is 9.68. The zero-order valence-corrected chi connectivity index (χ0v) is 20.1. The number of carbonyl (C=O) groups is 3. The Morgan fingerprint density at radius 2 is 1.74 bits per heavy atom. The average molecular weight is 501 g/mol. The summed E-state index contributed by atoms with van der Waals surface area (Å²) >= 11 is 2.77. The lowest BCUT2D eigenvalue weighted by Gasteiger charge is -2.43. The molecule has 34 heavy (non-hydrogen) atoms. The third-order valence-electron chi connectivity index (χ3n) is 8.17. The number of amides is 2. The zero-order chi connectivity index (χ0) is 24.0. The molecule has 3 heterocycles. The minimum absolute atomic E-state index is 0.0405. The summed E-state index contributed by atoms with van der Waals surface area (Å²) in [6.45, 7) is 3.43. The lowest BCUT2D eigenvalue weighted by Crippen LogP contribution is -2.49. The Morgan fingerprint density at radius 1 is 1.09 bits per heavy atom. The fourth-order valence-corrected chi connectivity index (χ4v) is 9.95. The number of phenolic OH excluding ortho intramolecular Hbond substituents is 1. The van der Waals surface area contributed by atoms with Crippen LogP contribution in [0.5, 0.6) is 5.75 Å². The third-order valence-corrected chi connectivity index (χ3v) is 10.8. The van der Waals surface area contributed by atoms with Crippen LogP contribution in [-0.2, 0) is 14.4 Å². The molecule has 4 aliphatic rings. The Labute approximate surface area is 203 Å². The quantitative estimate of drug-likeness (QED) is 0.551. The first-order chi connectivity index (χ1) is 16.2. The van der Waals surface area contributed by atoms with Gasteiger partial charge < -0.3 is 15.2 Å². The molecular weight excluding hydrogens is 476 g/mol. The summed E-state index contributed by atoms with van der Waals surface area (Å²) in [5.41, 5.74) is 0.966. The van der Waals surface area contributed by atoms with Gasteiger partial charge in [-0.25, -0.2) is 4.79 Å². The molecule has 2 aromatic rings. The maximum Gasteiger partial charge on any atom is 0.327 e. The topological polar surface area (TPSA) is 128 Å². The molecule has 1 saturated heterocycles. The minimum atomic E-state index is -1.16. The minimum Gasteiger partial charge on any atom is -0.508 e. The van der Waals surface area contributed by atoms with Crippen LogP contribution >= 0.6 is 23.1 Å². The van der Waals surface area contributed by atoms with E-state index in [4.69, 9.17) is 0 Å². The van der Waals surface area contributed by atoms with Gasteiger partial charge >= 0.3 is 10.8 Å². The second-order valence-corrected chi connectivity index (χ2v) is 12.3. The molecule has 8 atom stereocenters. The van der Waals surface area contributed by atoms with E-state index in [1.807, 2.05) is 12.1 Å². The van der Waals surface area contributed by atoms with Gasteiger partial charge in [0, 0.05) is 16.0 Å². The number of imide groups is 1. The molecule has 2 aliphatic heterocycles. The Hall–Kier alpha value is -2.59. The van der Waals surface area contributed by atoms with Gasteiger partial charge in [0.1, 0.15) is 11.8 Å². The highest BCUT2D eigenvalue weighted by atomic mass is 32.2. The van der Waals surface area contributed by atoms with Gasteiger partial charge in [0.15, 0.2) is 0 Å². The van der Waals surface area contributed by atoms with Gasteiger partial charge in [-0.05, 0) is 47.8 Å². The van der Waals surface area contributed by atoms with Crippen LogP contribution in [0.3, 0.4) is 0 Å². The molecule has 1 aromatic carbocycles. The number of thioether (sulfide) groups is 1. The van der Waals surface area contributed by atoms with E-state index in [0.717, 1.165) is 26.8 Å². The second-order valence-electron chi connectivity index (χ2n) is 10.1. The predicted octanol–water partition coefficient (Wildman–Crippen LogP) is 2.72. The highest BCUT2D eigenvalue weighted by Crippen LogP contribution is 2.68. The van der Waals surface area contributed by atoms with Gasteiger partial charge in [0.25, 0.3) is 0 Å². The van der Waals surface area contributed by atoms with E-state index < -0.39 is 23.8 Å². The van der Waals surface area contributed by atoms with Gasteiger partial charge in [0.05, 0.1) is 16.9 Å². The number of nitrogens with one attached hydrogen (secondary N) is 1. The molecule has 7 unspecified atom stereocenters. The Bertz CT molecular complexity index is 1270. The lowest BCUT2D eigenvalue weighted by molar-refractivity contribution is -0.157. The van der Waals surface area contributed by atoms with Crippen molar-refractivity contribution in [1.82, 2.24) is 9.88 Å². The van der Waals surface area contributed by atoms with Gasteiger partial charge in [-0.15, -0.1) is 11.8 Å². The van der Waals surface area contributed by atoms with Crippen molar-refractivity contribution in [2.24, 2.45) is 35.5 Å². The highest BCUT2D eigenvalue weighted by Gasteiger charge is 2.70. The first kappa shape index (κ1) is 21.9. The van der Waals surface area contributed by atoms with E-state index in [1.165, 1.54) is 11.3 Å². The molecule has 3 fully saturated rings. The Morgan fingerprint density at radius 3 is 2.35 bits per heavy atom. The summed E-state index contributed by atoms with van der Waals surface area (Å²) in [6, 6.07) is 5.81. The number of phenols is 1. The molecule has 2 amide bonds. The smallest absolute Gasteiger partial charge is 0.327 e. The SMILES string of the molecule is CC(C)C(C(=O)O)N1C(=O)C2C3CC(C2C1=O)C1C3Sc2[nH]c(=O)sc2[C@@H]1c1ccc(O)cc1. The van der Waals surface area contributed by atoms with E-state index in [2.05, 4.69) is 4.98 Å². The van der Waals surface area contributed by atoms with Crippen molar-refractivity contribution in [2.45, 2.75) is 42.5 Å². The Balaban J connectivity index is 1.44. The van der Waals surface area contributed by atoms with Gasteiger partial charge in [-0.2, -0.15) is 0 Å². The third kappa shape index (κ3) is 2.84. The van der Waals surface area contributed by atoms with Gasteiger partial charge in [-0.1, -0.05) is 37.3 Å². The van der Waals surface area contributed by atoms with Crippen LogP contribution in [0.1, 0.15) is 36.6 Å². The van der Waals surface area contributed by atoms with Gasteiger partial charge in [-0.3, -0.25) is 19.3 Å². The number of aromatic hydroxyl groups is 1. The number of carbonyl (C=O) groups excluding carboxylic acids is 2. The number of thiazole rings is 1. The summed E-state index contributed by atoms with van der Waals surface area (Å²) in [5.74, 6) is -3.32. The molecule has 8 nitrogen and oxygen atoms in total. The van der Waals surface area contributed by atoms with E-state index in [9.17, 15) is 29.4 Å². The molecule has 1 aromatic heterocycles. The molecule has 2 aliphatic carbocycles. The molecular formula is C24H24N2O6S2. The summed E-state index contributed by atoms with van der Waals surface area (Å²) in [7, 11) is 0. The summed E-state index contributed by atoms with van der Waals surface area (Å²) < 4.78 is 0. The molecule has 0 spiro atoms.